The third-order valence-electron chi connectivity index (χ3n) is 4.61. The molecule has 0 unspecified atom stereocenters. The van der Waals surface area contributed by atoms with Gasteiger partial charge in [0.15, 0.2) is 0 Å². The second-order valence-corrected chi connectivity index (χ2v) is 7.01. The van der Waals surface area contributed by atoms with Crippen LogP contribution in [-0.4, -0.2) is 26.6 Å². The Morgan fingerprint density at radius 1 is 0.900 bits per heavy atom. The number of aromatic nitrogens is 3. The van der Waals surface area contributed by atoms with Crippen molar-refractivity contribution in [3.63, 3.8) is 0 Å². The molecule has 2 aromatic carbocycles. The highest BCUT2D eigenvalue weighted by atomic mass is 35.5. The minimum absolute atomic E-state index is 0.191. The molecule has 4 rings (SSSR count). The van der Waals surface area contributed by atoms with Crippen molar-refractivity contribution in [3.05, 3.63) is 89.5 Å². The Morgan fingerprint density at radius 2 is 1.63 bits per heavy atom. The van der Waals surface area contributed by atoms with Gasteiger partial charge in [-0.25, -0.2) is 9.37 Å². The van der Waals surface area contributed by atoms with E-state index in [1.165, 1.54) is 12.1 Å². The van der Waals surface area contributed by atoms with Gasteiger partial charge in [0.2, 0.25) is 11.8 Å². The molecule has 0 bridgehead atoms. The maximum Gasteiger partial charge on any atom is 0.226 e. The number of hydrogen-bond acceptors (Lipinski definition) is 5. The quantitative estimate of drug-likeness (QED) is 0.439. The number of benzene rings is 2. The highest BCUT2D eigenvalue weighted by Crippen LogP contribution is 2.37. The average molecular weight is 421 g/mol. The van der Waals surface area contributed by atoms with Crippen LogP contribution >= 0.6 is 11.6 Å². The lowest BCUT2D eigenvalue weighted by molar-refractivity contribution is 0.455. The van der Waals surface area contributed by atoms with Crippen LogP contribution in [0.3, 0.4) is 0 Å². The third-order valence-corrected chi connectivity index (χ3v) is 4.98. The molecule has 30 heavy (non-hydrogen) atoms. The molecule has 5 nitrogen and oxygen atoms in total. The second kappa shape index (κ2) is 8.88. The zero-order valence-corrected chi connectivity index (χ0v) is 16.6. The first-order chi connectivity index (χ1) is 14.6. The van der Waals surface area contributed by atoms with Gasteiger partial charge >= 0.3 is 0 Å². The Morgan fingerprint density at radius 3 is 2.37 bits per heavy atom. The van der Waals surface area contributed by atoms with E-state index >= 15 is 0 Å². The molecular weight excluding hydrogens is 403 g/mol. The van der Waals surface area contributed by atoms with Crippen LogP contribution in [0.2, 0.25) is 5.02 Å². The predicted octanol–water partition coefficient (Wildman–Crippen LogP) is 5.36. The predicted molar refractivity (Wildman–Crippen MR) is 116 cm³/mol. The lowest BCUT2D eigenvalue weighted by Crippen LogP contribution is -2.09. The molecule has 2 N–H and O–H groups in total. The van der Waals surface area contributed by atoms with E-state index in [9.17, 15) is 9.50 Å². The van der Waals surface area contributed by atoms with E-state index < -0.39 is 0 Å². The summed E-state index contributed by atoms with van der Waals surface area (Å²) < 4.78 is 13.4. The topological polar surface area (TPSA) is 70.9 Å². The molecule has 7 heteroatoms. The van der Waals surface area contributed by atoms with Crippen molar-refractivity contribution in [2.24, 2.45) is 0 Å². The largest absolute Gasteiger partial charge is 0.493 e. The summed E-state index contributed by atoms with van der Waals surface area (Å²) in [5.74, 6) is -0.261. The second-order valence-electron chi connectivity index (χ2n) is 6.61. The van der Waals surface area contributed by atoms with Crippen molar-refractivity contribution in [2.75, 3.05) is 11.9 Å². The first kappa shape index (κ1) is 19.8. The van der Waals surface area contributed by atoms with Crippen LogP contribution in [-0.2, 0) is 6.42 Å². The highest BCUT2D eigenvalue weighted by molar-refractivity contribution is 6.31. The molecule has 0 saturated carbocycles. The summed E-state index contributed by atoms with van der Waals surface area (Å²) in [5, 5.41) is 14.5. The van der Waals surface area contributed by atoms with E-state index in [0.717, 1.165) is 11.1 Å². The average Bonchev–Trinajstić information content (AvgIpc) is 2.76. The maximum atomic E-state index is 13.4. The van der Waals surface area contributed by atoms with E-state index in [1.807, 2.05) is 24.3 Å². The van der Waals surface area contributed by atoms with Crippen LogP contribution in [0.1, 0.15) is 5.56 Å². The Balaban J connectivity index is 1.67. The molecule has 0 amide bonds. The van der Waals surface area contributed by atoms with Crippen molar-refractivity contribution >= 4 is 17.5 Å². The molecule has 0 aliphatic rings. The van der Waals surface area contributed by atoms with E-state index in [1.54, 1.807) is 36.7 Å². The number of nitrogens with zero attached hydrogens (tertiary/aromatic N) is 3. The molecule has 0 aliphatic carbocycles. The van der Waals surface area contributed by atoms with Gasteiger partial charge in [0, 0.05) is 29.5 Å². The van der Waals surface area contributed by atoms with Crippen molar-refractivity contribution in [3.8, 4) is 28.3 Å². The Hall–Kier alpha value is -3.51. The van der Waals surface area contributed by atoms with Gasteiger partial charge in [0.1, 0.15) is 5.82 Å². The van der Waals surface area contributed by atoms with Gasteiger partial charge in [-0.05, 0) is 47.9 Å². The number of hydrogen-bond donors (Lipinski definition) is 2. The molecule has 0 spiro atoms. The summed E-state index contributed by atoms with van der Waals surface area (Å²) in [6.45, 7) is 0.537. The summed E-state index contributed by atoms with van der Waals surface area (Å²) in [6, 6.07) is 17.1. The monoisotopic (exact) mass is 420 g/mol. The summed E-state index contributed by atoms with van der Waals surface area (Å²) in [4.78, 5) is 12.9. The zero-order valence-electron chi connectivity index (χ0n) is 15.9. The third kappa shape index (κ3) is 4.39. The van der Waals surface area contributed by atoms with Gasteiger partial charge in [0.05, 0.1) is 11.3 Å². The van der Waals surface area contributed by atoms with Crippen LogP contribution in [0.15, 0.2) is 73.1 Å². The summed E-state index contributed by atoms with van der Waals surface area (Å²) in [5.41, 5.74) is 3.34. The Bertz CT molecular complexity index is 1150. The lowest BCUT2D eigenvalue weighted by Gasteiger charge is -2.14. The fraction of sp³-hybridized carbons (Fsp3) is 0.0870. The summed E-state index contributed by atoms with van der Waals surface area (Å²) in [6.07, 6.45) is 3.97. The van der Waals surface area contributed by atoms with Gasteiger partial charge in [-0.1, -0.05) is 41.9 Å². The molecule has 0 radical (unpaired) electrons. The summed E-state index contributed by atoms with van der Waals surface area (Å²) in [7, 11) is 0. The number of nitrogens with one attached hydrogen (secondary N) is 1. The van der Waals surface area contributed by atoms with Crippen LogP contribution in [0.5, 0.6) is 5.88 Å². The van der Waals surface area contributed by atoms with Crippen molar-refractivity contribution in [1.29, 1.82) is 0 Å². The molecular formula is C23H18ClFN4O. The molecule has 4 aromatic rings. The Kier molecular flexibility index (Phi) is 5.86. The molecule has 2 heterocycles. The first-order valence-corrected chi connectivity index (χ1v) is 9.74. The molecule has 0 atom stereocenters. The van der Waals surface area contributed by atoms with Crippen LogP contribution in [0, 0.1) is 5.82 Å². The van der Waals surface area contributed by atoms with Gasteiger partial charge in [-0.3, -0.25) is 4.98 Å². The maximum absolute atomic E-state index is 13.4. The van der Waals surface area contributed by atoms with Crippen molar-refractivity contribution in [2.45, 2.75) is 6.42 Å². The van der Waals surface area contributed by atoms with Crippen LogP contribution in [0.4, 0.5) is 10.3 Å². The SMILES string of the molecule is Oc1nc(NCCc2ccccc2Cl)nc(-c2ccncc2)c1-c1ccc(F)cc1. The normalized spacial score (nSPS) is 10.7. The van der Waals surface area contributed by atoms with Crippen LogP contribution < -0.4 is 5.32 Å². The molecule has 0 aliphatic heterocycles. The number of rotatable bonds is 6. The molecule has 0 saturated heterocycles. The van der Waals surface area contributed by atoms with Gasteiger partial charge in [0.25, 0.3) is 0 Å². The fourth-order valence-corrected chi connectivity index (χ4v) is 3.37. The lowest BCUT2D eigenvalue weighted by atomic mass is 10.0. The molecule has 0 fully saturated rings. The Labute approximate surface area is 178 Å². The minimum atomic E-state index is -0.359. The van der Waals surface area contributed by atoms with Crippen molar-refractivity contribution in [1.82, 2.24) is 15.0 Å². The molecule has 150 valence electrons. The van der Waals surface area contributed by atoms with E-state index in [2.05, 4.69) is 20.3 Å². The van der Waals surface area contributed by atoms with E-state index in [-0.39, 0.29) is 17.6 Å². The first-order valence-electron chi connectivity index (χ1n) is 9.36. The summed E-state index contributed by atoms with van der Waals surface area (Å²) >= 11 is 6.20. The van der Waals surface area contributed by atoms with E-state index in [0.29, 0.717) is 34.8 Å². The zero-order chi connectivity index (χ0) is 20.9. The van der Waals surface area contributed by atoms with Crippen LogP contribution in [0.25, 0.3) is 22.4 Å². The standard InChI is InChI=1S/C23H18ClFN4O/c24-19-4-2-1-3-15(19)11-14-27-23-28-21(17-9-12-26-13-10-17)20(22(30)29-23)16-5-7-18(25)8-6-16/h1-10,12-13H,11,14H2,(H2,27,28,29,30). The number of halogens is 2. The number of pyridine rings is 1. The minimum Gasteiger partial charge on any atom is -0.493 e. The molecule has 2 aromatic heterocycles. The fourth-order valence-electron chi connectivity index (χ4n) is 3.14. The van der Waals surface area contributed by atoms with Gasteiger partial charge in [-0.15, -0.1) is 0 Å². The van der Waals surface area contributed by atoms with Gasteiger partial charge in [-0.2, -0.15) is 4.98 Å². The van der Waals surface area contributed by atoms with E-state index in [4.69, 9.17) is 11.6 Å². The smallest absolute Gasteiger partial charge is 0.226 e. The number of anilines is 1. The highest BCUT2D eigenvalue weighted by Gasteiger charge is 2.17. The number of aromatic hydroxyl groups is 1. The van der Waals surface area contributed by atoms with Gasteiger partial charge < -0.3 is 10.4 Å². The van der Waals surface area contributed by atoms with Crippen molar-refractivity contribution < 1.29 is 9.50 Å².